The Kier molecular flexibility index (Phi) is 24.6. The minimum Gasteiger partial charge on any atom is -0.444 e. The molecule has 0 atom stereocenters. The van der Waals surface area contributed by atoms with Gasteiger partial charge in [0.15, 0.2) is 11.5 Å². The summed E-state index contributed by atoms with van der Waals surface area (Å²) in [6.07, 6.45) is 8.03. The van der Waals surface area contributed by atoms with Crippen molar-refractivity contribution in [1.29, 1.82) is 0 Å². The summed E-state index contributed by atoms with van der Waals surface area (Å²) in [7, 11) is 0.0727. The van der Waals surface area contributed by atoms with Crippen LogP contribution in [0.15, 0.2) is 148 Å². The molecule has 0 spiro atoms. The Bertz CT molecular complexity index is 3820. The predicted octanol–water partition coefficient (Wildman–Crippen LogP) is 10.3. The summed E-state index contributed by atoms with van der Waals surface area (Å²) < 4.78 is 89.7. The third-order valence-corrected chi connectivity index (χ3v) is 22.4. The lowest BCUT2D eigenvalue weighted by Gasteiger charge is -2.45. The van der Waals surface area contributed by atoms with Crippen LogP contribution in [-0.4, -0.2) is 189 Å². The minimum atomic E-state index is -3.59. The molecular weight excluding hydrogens is 1280 g/mol. The number of nitrogens with one attached hydrogen (secondary N) is 1. The number of carbonyl (C=O) groups excluding carboxylic acids is 3. The number of hydrogen-bond acceptors (Lipinski definition) is 16. The summed E-state index contributed by atoms with van der Waals surface area (Å²) in [5.41, 5.74) is 7.36. The molecule has 4 fully saturated rings. The van der Waals surface area contributed by atoms with E-state index in [9.17, 15) is 39.6 Å². The van der Waals surface area contributed by atoms with Crippen molar-refractivity contribution in [3.8, 4) is 0 Å². The first-order chi connectivity index (χ1) is 43.9. The maximum atomic E-state index is 13.3. The second-order valence-corrected chi connectivity index (χ2v) is 33.8. The van der Waals surface area contributed by atoms with E-state index in [0.29, 0.717) is 87.7 Å². The molecule has 0 unspecified atom stereocenters. The van der Waals surface area contributed by atoms with Crippen molar-refractivity contribution < 1.29 is 49.1 Å². The highest BCUT2D eigenvalue weighted by atomic mass is 35.7. The Morgan fingerprint density at radius 1 is 0.628 bits per heavy atom. The number of pyridine rings is 1. The van der Waals surface area contributed by atoms with Gasteiger partial charge in [-0.1, -0.05) is 66.7 Å². The van der Waals surface area contributed by atoms with Gasteiger partial charge in [-0.15, -0.1) is 0 Å². The largest absolute Gasteiger partial charge is 0.444 e. The van der Waals surface area contributed by atoms with E-state index < -0.39 is 51.4 Å². The minimum absolute atomic E-state index is 0.0630. The molecule has 94 heavy (non-hydrogen) atoms. The molecule has 10 rings (SSSR count). The van der Waals surface area contributed by atoms with Crippen LogP contribution in [0.4, 0.5) is 15.3 Å². The molecule has 22 nitrogen and oxygen atoms in total. The number of fused-ring (bicyclic) bond motifs is 1. The number of ether oxygens (including phenoxy) is 2. The molecule has 2 aromatic heterocycles. The summed E-state index contributed by atoms with van der Waals surface area (Å²) in [4.78, 5) is 52.4. The standard InChI is InChI=1S/C34H43N7O3S.C17H26N2O4S.C11H22N2O2.C6H5ClO2S/c1-34(39(4)45(43,44)29-9-6-5-7-10-29)18-23-40(24-19-34)30-11-8-20-41-32(30)35-31(36-41)25-26-12-14-27(15-13-26)33(42)38(3)28-16-21-37(2)22-17-28;1-16(2,3)23-15(20)19-12-10-17(4,11-13-19)18-24(21,22)14-8-6-5-7-9-14;1-10(2,3)15-9(14)13-7-5-11(4,12)6-8-13;7-10(8,9)6-4-2-1-3-5-6/h5-15,20,28H,16-19,21-25H2,1-4H3;5-9,18H,10-13H2,1-4H3;5-8,12H2,1-4H3;1-5H. The second-order valence-electron chi connectivity index (χ2n) is 27.6. The number of nitrogens with zero attached hydrogens (tertiary/aromatic N) is 9. The Morgan fingerprint density at radius 2 is 1.10 bits per heavy atom. The molecule has 6 heterocycles. The Labute approximate surface area is 561 Å². The molecule has 0 radical (unpaired) electrons. The molecular formula is C68H96ClN11O11S3. The number of amides is 3. The van der Waals surface area contributed by atoms with Crippen LogP contribution in [-0.2, 0) is 45.0 Å². The van der Waals surface area contributed by atoms with Gasteiger partial charge >= 0.3 is 12.2 Å². The van der Waals surface area contributed by atoms with Crippen LogP contribution in [0.3, 0.4) is 0 Å². The van der Waals surface area contributed by atoms with Gasteiger partial charge in [0.1, 0.15) is 11.2 Å². The number of anilines is 1. The number of piperidine rings is 4. The lowest BCUT2D eigenvalue weighted by Crippen LogP contribution is -2.54. The van der Waals surface area contributed by atoms with Crippen molar-refractivity contribution in [2.45, 2.75) is 169 Å². The van der Waals surface area contributed by atoms with Crippen LogP contribution in [0.25, 0.3) is 5.65 Å². The zero-order chi connectivity index (χ0) is 69.1. The monoisotopic (exact) mass is 1370 g/mol. The second kappa shape index (κ2) is 31.0. The molecule has 0 bridgehead atoms. The normalized spacial score (nSPS) is 17.9. The van der Waals surface area contributed by atoms with E-state index >= 15 is 0 Å². The van der Waals surface area contributed by atoms with Crippen LogP contribution in [0.5, 0.6) is 0 Å². The first-order valence-corrected chi connectivity index (χ1v) is 37.1. The summed E-state index contributed by atoms with van der Waals surface area (Å²) in [6.45, 7) is 22.8. The van der Waals surface area contributed by atoms with E-state index in [1.165, 1.54) is 12.1 Å². The topological polar surface area (TPSA) is 260 Å². The lowest BCUT2D eigenvalue weighted by atomic mass is 9.89. The number of aromatic nitrogens is 3. The summed E-state index contributed by atoms with van der Waals surface area (Å²) in [5.74, 6) is 0.772. The maximum Gasteiger partial charge on any atom is 0.410 e. The molecule has 4 saturated heterocycles. The molecule has 3 amide bonds. The molecule has 0 saturated carbocycles. The molecule has 4 aliphatic rings. The molecule has 6 aromatic rings. The number of carbonyl (C=O) groups is 3. The van der Waals surface area contributed by atoms with Crippen LogP contribution >= 0.6 is 10.7 Å². The smallest absolute Gasteiger partial charge is 0.410 e. The van der Waals surface area contributed by atoms with E-state index in [1.807, 2.05) is 121 Å². The average Bonchev–Trinajstić information content (AvgIpc) is 1.19. The molecule has 26 heteroatoms. The fourth-order valence-corrected chi connectivity index (χ4v) is 15.1. The maximum absolute atomic E-state index is 13.3. The van der Waals surface area contributed by atoms with Gasteiger partial charge in [0.25, 0.3) is 15.0 Å². The van der Waals surface area contributed by atoms with Crippen molar-refractivity contribution >= 4 is 69.2 Å². The highest BCUT2D eigenvalue weighted by Crippen LogP contribution is 2.35. The van der Waals surface area contributed by atoms with E-state index in [2.05, 4.69) is 27.6 Å². The first-order valence-electron chi connectivity index (χ1n) is 31.9. The number of hydrogen-bond donors (Lipinski definition) is 2. The van der Waals surface area contributed by atoms with Crippen molar-refractivity contribution in [1.82, 2.24) is 43.2 Å². The Hall–Kier alpha value is -6.71. The van der Waals surface area contributed by atoms with Crippen molar-refractivity contribution in [2.75, 3.05) is 78.4 Å². The highest BCUT2D eigenvalue weighted by Gasteiger charge is 2.41. The molecule has 0 aliphatic carbocycles. The fraction of sp³-hybridized carbons (Fsp3) is 0.515. The van der Waals surface area contributed by atoms with Gasteiger partial charge in [0.05, 0.1) is 20.4 Å². The quantitative estimate of drug-likeness (QED) is 0.108. The van der Waals surface area contributed by atoms with Gasteiger partial charge in [-0.25, -0.2) is 49.1 Å². The predicted molar refractivity (Wildman–Crippen MR) is 367 cm³/mol. The SMILES string of the molecule is CC1(N)CCN(C(=O)OC(C)(C)C)CC1.CC1(NS(=O)(=O)c2ccccc2)CCN(C(=O)OC(C)(C)C)CC1.CN1CCC(N(C)C(=O)c2ccc(Cc3nc4c(N5CCC(C)(N(C)S(=O)(=O)c6ccccc6)CC5)cccn4n3)cc2)CC1.O=S(=O)(Cl)c1ccccc1. The van der Waals surface area contributed by atoms with Crippen molar-refractivity contribution in [2.24, 2.45) is 5.73 Å². The van der Waals surface area contributed by atoms with Gasteiger partial charge < -0.3 is 39.7 Å². The van der Waals surface area contributed by atoms with Gasteiger partial charge in [-0.2, -0.15) is 9.40 Å². The Morgan fingerprint density at radius 3 is 1.56 bits per heavy atom. The molecule has 3 N–H and O–H groups in total. The Balaban J connectivity index is 0.000000211. The van der Waals surface area contributed by atoms with E-state index in [0.717, 1.165) is 55.7 Å². The summed E-state index contributed by atoms with van der Waals surface area (Å²) in [6, 6.07) is 36.9. The van der Waals surface area contributed by atoms with Crippen molar-refractivity contribution in [3.05, 3.63) is 151 Å². The molecule has 4 aromatic carbocycles. The van der Waals surface area contributed by atoms with E-state index in [-0.39, 0.29) is 39.5 Å². The zero-order valence-electron chi connectivity index (χ0n) is 56.5. The number of sulfonamides is 2. The van der Waals surface area contributed by atoms with Gasteiger partial charge in [0, 0.05) is 105 Å². The third kappa shape index (κ3) is 21.1. The first kappa shape index (κ1) is 74.7. The van der Waals surface area contributed by atoms with Gasteiger partial charge in [-0.3, -0.25) is 4.79 Å². The summed E-state index contributed by atoms with van der Waals surface area (Å²) in [5, 5.41) is 4.75. The van der Waals surface area contributed by atoms with E-state index in [1.54, 1.807) is 93.9 Å². The molecule has 514 valence electrons. The van der Waals surface area contributed by atoms with Crippen LogP contribution in [0.2, 0.25) is 0 Å². The van der Waals surface area contributed by atoms with Crippen molar-refractivity contribution in [3.63, 3.8) is 0 Å². The number of likely N-dealkylation sites (tertiary alicyclic amines) is 3. The number of halogens is 1. The number of benzene rings is 4. The van der Waals surface area contributed by atoms with Crippen LogP contribution in [0.1, 0.15) is 135 Å². The molecule has 4 aliphatic heterocycles. The number of nitrogens with two attached hydrogens (primary N) is 1. The zero-order valence-corrected chi connectivity index (χ0v) is 59.7. The highest BCUT2D eigenvalue weighted by molar-refractivity contribution is 8.13. The lowest BCUT2D eigenvalue weighted by molar-refractivity contribution is 0.0161. The van der Waals surface area contributed by atoms with Gasteiger partial charge in [0.2, 0.25) is 20.0 Å². The average molecular weight is 1380 g/mol. The van der Waals surface area contributed by atoms with E-state index in [4.69, 9.17) is 36.0 Å². The summed E-state index contributed by atoms with van der Waals surface area (Å²) >= 11 is 0. The van der Waals surface area contributed by atoms with Crippen LogP contribution < -0.4 is 15.4 Å². The number of rotatable bonds is 12. The van der Waals surface area contributed by atoms with Gasteiger partial charge in [-0.05, 0) is 200 Å². The fourth-order valence-electron chi connectivity index (χ4n) is 11.2. The van der Waals surface area contributed by atoms with Crippen LogP contribution in [0, 0.1) is 0 Å². The third-order valence-electron chi connectivity index (χ3n) is 17.4.